The smallest absolute Gasteiger partial charge is 0.414 e. The van der Waals surface area contributed by atoms with Crippen LogP contribution >= 0.6 is 0 Å². The number of hydrogen-bond donors (Lipinski definition) is 0. The fraction of sp³-hybridized carbons (Fsp3) is 0.458. The largest absolute Gasteiger partial charge is 0.497 e. The zero-order valence-electron chi connectivity index (χ0n) is 17.1. The summed E-state index contributed by atoms with van der Waals surface area (Å²) >= 11 is 0. The summed E-state index contributed by atoms with van der Waals surface area (Å²) in [6.45, 7) is 3.86. The van der Waals surface area contributed by atoms with Crippen LogP contribution in [0.1, 0.15) is 24.8 Å². The van der Waals surface area contributed by atoms with E-state index in [0.29, 0.717) is 12.5 Å². The van der Waals surface area contributed by atoms with Crippen molar-refractivity contribution in [3.63, 3.8) is 0 Å². The first-order chi connectivity index (χ1) is 14.2. The number of nitrogens with zero attached hydrogens (tertiary/aromatic N) is 2. The van der Waals surface area contributed by atoms with Crippen LogP contribution in [-0.4, -0.2) is 50.4 Å². The Kier molecular flexibility index (Phi) is 6.35. The van der Waals surface area contributed by atoms with Crippen LogP contribution in [0.5, 0.6) is 5.75 Å². The van der Waals surface area contributed by atoms with Crippen molar-refractivity contribution in [1.82, 2.24) is 4.90 Å². The Balaban J connectivity index is 1.27. The molecule has 1 amide bonds. The predicted molar refractivity (Wildman–Crippen MR) is 115 cm³/mol. The molecule has 0 saturated carbocycles. The molecule has 0 N–H and O–H groups in total. The third-order valence-corrected chi connectivity index (χ3v) is 5.98. The zero-order valence-corrected chi connectivity index (χ0v) is 17.1. The summed E-state index contributed by atoms with van der Waals surface area (Å²) in [5.74, 6) is 1.46. The van der Waals surface area contributed by atoms with Gasteiger partial charge in [0.05, 0.1) is 19.3 Å². The maximum Gasteiger partial charge on any atom is 0.414 e. The fourth-order valence-corrected chi connectivity index (χ4v) is 4.46. The number of hydrogen-bond acceptors (Lipinski definition) is 4. The number of cyclic esters (lactones) is 1. The highest BCUT2D eigenvalue weighted by Gasteiger charge is 2.33. The van der Waals surface area contributed by atoms with Crippen molar-refractivity contribution in [2.75, 3.05) is 38.2 Å². The van der Waals surface area contributed by atoms with E-state index in [1.807, 2.05) is 24.3 Å². The topological polar surface area (TPSA) is 42.0 Å². The van der Waals surface area contributed by atoms with Gasteiger partial charge in [-0.15, -0.1) is 0 Å². The zero-order chi connectivity index (χ0) is 20.1. The summed E-state index contributed by atoms with van der Waals surface area (Å²) in [6.07, 6.45) is 4.27. The second-order valence-electron chi connectivity index (χ2n) is 8.11. The molecule has 2 unspecified atom stereocenters. The number of amides is 1. The van der Waals surface area contributed by atoms with Crippen molar-refractivity contribution in [2.45, 2.75) is 31.8 Å². The number of benzene rings is 2. The van der Waals surface area contributed by atoms with Crippen LogP contribution in [-0.2, 0) is 11.2 Å². The molecule has 2 aliphatic heterocycles. The molecule has 2 aromatic carbocycles. The number of ether oxygens (including phenoxy) is 2. The molecule has 0 aliphatic carbocycles. The Labute approximate surface area is 173 Å². The Morgan fingerprint density at radius 2 is 1.97 bits per heavy atom. The third kappa shape index (κ3) is 5.10. The molecular formula is C24H30N2O3. The lowest BCUT2D eigenvalue weighted by Crippen LogP contribution is -2.38. The number of anilines is 1. The summed E-state index contributed by atoms with van der Waals surface area (Å²) in [7, 11) is 1.63. The molecule has 29 heavy (non-hydrogen) atoms. The lowest BCUT2D eigenvalue weighted by Gasteiger charge is -2.33. The Hall–Kier alpha value is -2.53. The van der Waals surface area contributed by atoms with E-state index in [2.05, 4.69) is 35.2 Å². The lowest BCUT2D eigenvalue weighted by molar-refractivity contribution is 0.113. The second-order valence-corrected chi connectivity index (χ2v) is 8.11. The molecule has 5 heteroatoms. The molecular weight excluding hydrogens is 364 g/mol. The third-order valence-electron chi connectivity index (χ3n) is 5.98. The average Bonchev–Trinajstić information content (AvgIpc) is 3.14. The monoisotopic (exact) mass is 394 g/mol. The number of carbonyl (C=O) groups excluding carboxylic acids is 1. The fourth-order valence-electron chi connectivity index (χ4n) is 4.46. The first-order valence-corrected chi connectivity index (χ1v) is 10.6. The normalized spacial score (nSPS) is 22.5. The summed E-state index contributed by atoms with van der Waals surface area (Å²) in [6, 6.07) is 18.4. The van der Waals surface area contributed by atoms with E-state index in [1.165, 1.54) is 18.4 Å². The van der Waals surface area contributed by atoms with Crippen LogP contribution in [0.3, 0.4) is 0 Å². The molecule has 0 aromatic heterocycles. The molecule has 0 bridgehead atoms. The highest BCUT2D eigenvalue weighted by molar-refractivity contribution is 5.89. The molecule has 2 fully saturated rings. The number of piperidine rings is 1. The van der Waals surface area contributed by atoms with Gasteiger partial charge in [-0.2, -0.15) is 0 Å². The van der Waals surface area contributed by atoms with Crippen LogP contribution in [0.4, 0.5) is 10.5 Å². The summed E-state index contributed by atoms with van der Waals surface area (Å²) in [5, 5.41) is 0. The van der Waals surface area contributed by atoms with E-state index in [4.69, 9.17) is 9.47 Å². The van der Waals surface area contributed by atoms with E-state index >= 15 is 0 Å². The minimum Gasteiger partial charge on any atom is -0.497 e. The molecule has 5 nitrogen and oxygen atoms in total. The van der Waals surface area contributed by atoms with Crippen molar-refractivity contribution in [3.8, 4) is 5.75 Å². The minimum atomic E-state index is -0.260. The van der Waals surface area contributed by atoms with Gasteiger partial charge in [0, 0.05) is 19.2 Å². The van der Waals surface area contributed by atoms with Gasteiger partial charge in [-0.25, -0.2) is 4.79 Å². The molecule has 2 aromatic rings. The van der Waals surface area contributed by atoms with E-state index in [0.717, 1.165) is 43.9 Å². The van der Waals surface area contributed by atoms with Gasteiger partial charge in [0.25, 0.3) is 0 Å². The van der Waals surface area contributed by atoms with Crippen LogP contribution in [0.2, 0.25) is 0 Å². The van der Waals surface area contributed by atoms with Gasteiger partial charge in [0.2, 0.25) is 0 Å². The average molecular weight is 395 g/mol. The van der Waals surface area contributed by atoms with Crippen LogP contribution in [0.15, 0.2) is 54.6 Å². The van der Waals surface area contributed by atoms with Crippen LogP contribution < -0.4 is 9.64 Å². The Bertz CT molecular complexity index is 811. The summed E-state index contributed by atoms with van der Waals surface area (Å²) in [5.41, 5.74) is 2.26. The van der Waals surface area contributed by atoms with Crippen molar-refractivity contribution in [2.24, 2.45) is 5.92 Å². The molecule has 4 rings (SSSR count). The van der Waals surface area contributed by atoms with Crippen LogP contribution in [0, 0.1) is 5.92 Å². The maximum absolute atomic E-state index is 12.3. The van der Waals surface area contributed by atoms with Crippen LogP contribution in [0.25, 0.3) is 0 Å². The predicted octanol–water partition coefficient (Wildman–Crippen LogP) is 4.37. The highest BCUT2D eigenvalue weighted by Crippen LogP contribution is 2.27. The maximum atomic E-state index is 12.3. The van der Waals surface area contributed by atoms with E-state index in [1.54, 1.807) is 12.0 Å². The van der Waals surface area contributed by atoms with Gasteiger partial charge in [-0.3, -0.25) is 4.90 Å². The number of likely N-dealkylation sites (tertiary alicyclic amines) is 1. The van der Waals surface area contributed by atoms with Gasteiger partial charge < -0.3 is 14.4 Å². The first-order valence-electron chi connectivity index (χ1n) is 10.6. The Morgan fingerprint density at radius 3 is 2.79 bits per heavy atom. The minimum absolute atomic E-state index is 0.0526. The molecule has 2 aliphatic rings. The summed E-state index contributed by atoms with van der Waals surface area (Å²) < 4.78 is 10.9. The molecule has 154 valence electrons. The molecule has 0 radical (unpaired) electrons. The van der Waals surface area contributed by atoms with E-state index < -0.39 is 0 Å². The van der Waals surface area contributed by atoms with Gasteiger partial charge in [-0.1, -0.05) is 36.4 Å². The number of carbonyl (C=O) groups is 1. The second kappa shape index (κ2) is 9.31. The molecule has 2 atom stereocenters. The van der Waals surface area contributed by atoms with Crippen molar-refractivity contribution < 1.29 is 14.3 Å². The quantitative estimate of drug-likeness (QED) is 0.700. The van der Waals surface area contributed by atoms with Crippen molar-refractivity contribution in [1.29, 1.82) is 0 Å². The lowest BCUT2D eigenvalue weighted by atomic mass is 9.91. The molecule has 2 saturated heterocycles. The number of rotatable bonds is 7. The molecule has 0 spiro atoms. The first kappa shape index (κ1) is 19.8. The van der Waals surface area contributed by atoms with Gasteiger partial charge in [0.15, 0.2) is 0 Å². The standard InChI is InChI=1S/C24H30N2O3/c1-28-22-11-5-10-21(16-22)26-18-23(29-24(26)27)12-14-25-13-6-9-20(17-25)15-19-7-3-2-4-8-19/h2-5,7-8,10-11,16,20,23H,6,9,12-15,17-18H2,1H3. The highest BCUT2D eigenvalue weighted by atomic mass is 16.6. The van der Waals surface area contributed by atoms with E-state index in [-0.39, 0.29) is 12.2 Å². The Morgan fingerprint density at radius 1 is 1.10 bits per heavy atom. The number of methoxy groups -OCH3 is 1. The van der Waals surface area contributed by atoms with Gasteiger partial charge >= 0.3 is 6.09 Å². The SMILES string of the molecule is COc1cccc(N2CC(CCN3CCCC(Cc4ccccc4)C3)OC2=O)c1. The van der Waals surface area contributed by atoms with Crippen molar-refractivity contribution >= 4 is 11.8 Å². The van der Waals surface area contributed by atoms with E-state index in [9.17, 15) is 4.79 Å². The van der Waals surface area contributed by atoms with Gasteiger partial charge in [-0.05, 0) is 55.8 Å². The van der Waals surface area contributed by atoms with Crippen molar-refractivity contribution in [3.05, 3.63) is 60.2 Å². The molecule has 2 heterocycles. The summed E-state index contributed by atoms with van der Waals surface area (Å²) in [4.78, 5) is 16.6. The van der Waals surface area contributed by atoms with Gasteiger partial charge in [0.1, 0.15) is 11.9 Å².